The first-order valence-electron chi connectivity index (χ1n) is 11.4. The van der Waals surface area contributed by atoms with Crippen molar-refractivity contribution in [2.75, 3.05) is 5.75 Å². The number of hydrazone groups is 1. The lowest BCUT2D eigenvalue weighted by Gasteiger charge is -2.21. The van der Waals surface area contributed by atoms with Crippen molar-refractivity contribution in [1.29, 1.82) is 0 Å². The number of nitrogens with zero attached hydrogens (tertiary/aromatic N) is 4. The van der Waals surface area contributed by atoms with Gasteiger partial charge in [0.25, 0.3) is 5.91 Å². The minimum Gasteiger partial charge on any atom is -0.272 e. The first-order valence-corrected chi connectivity index (χ1v) is 12.4. The number of amides is 1. The maximum absolute atomic E-state index is 13.4. The second-order valence-corrected chi connectivity index (χ2v) is 9.51. The molecule has 2 heterocycles. The number of hydrogen-bond donors (Lipinski definition) is 0. The fraction of sp³-hybridized carbons (Fsp3) is 0.214. The van der Waals surface area contributed by atoms with Crippen LogP contribution in [0.1, 0.15) is 40.5 Å². The number of rotatable bonds is 5. The Balaban J connectivity index is 1.42. The molecule has 0 saturated heterocycles. The van der Waals surface area contributed by atoms with E-state index in [4.69, 9.17) is 5.10 Å². The van der Waals surface area contributed by atoms with Gasteiger partial charge in [0.2, 0.25) is 0 Å². The normalized spacial score (nSPS) is 15.6. The molecule has 0 aliphatic carbocycles. The summed E-state index contributed by atoms with van der Waals surface area (Å²) in [7, 11) is 0. The number of hydrogen-bond acceptors (Lipinski definition) is 5. The Hall–Kier alpha value is -3.51. The predicted octanol–water partition coefficient (Wildman–Crippen LogP) is 6.03. The Bertz CT molecular complexity index is 1380. The number of carbonyl (C=O) groups is 1. The minimum absolute atomic E-state index is 0.0471. The first kappa shape index (κ1) is 22.3. The quantitative estimate of drug-likeness (QED) is 0.266. The van der Waals surface area contributed by atoms with E-state index in [1.165, 1.54) is 22.5 Å². The molecule has 34 heavy (non-hydrogen) atoms. The van der Waals surface area contributed by atoms with Crippen LogP contribution in [0.15, 0.2) is 83.1 Å². The average Bonchev–Trinajstić information content (AvgIpc) is 3.32. The van der Waals surface area contributed by atoms with Gasteiger partial charge in [-0.2, -0.15) is 5.10 Å². The average molecular weight is 467 g/mol. The lowest BCUT2D eigenvalue weighted by molar-refractivity contribution is -0.130. The van der Waals surface area contributed by atoms with Crippen LogP contribution in [0.25, 0.3) is 10.8 Å². The molecule has 5 rings (SSSR count). The molecule has 4 aromatic rings. The van der Waals surface area contributed by atoms with Crippen molar-refractivity contribution in [3.63, 3.8) is 0 Å². The highest BCUT2D eigenvalue weighted by molar-refractivity contribution is 7.99. The topological polar surface area (TPSA) is 58.5 Å². The molecule has 1 aliphatic rings. The van der Waals surface area contributed by atoms with Crippen LogP contribution < -0.4 is 0 Å². The minimum atomic E-state index is -0.127. The molecule has 1 aliphatic heterocycles. The van der Waals surface area contributed by atoms with E-state index in [0.29, 0.717) is 11.6 Å². The van der Waals surface area contributed by atoms with E-state index in [1.807, 2.05) is 51.1 Å². The van der Waals surface area contributed by atoms with Gasteiger partial charge in [-0.1, -0.05) is 78.5 Å². The summed E-state index contributed by atoms with van der Waals surface area (Å²) in [6.07, 6.45) is 0.679. The Morgan fingerprint density at radius 1 is 0.912 bits per heavy atom. The third-order valence-electron chi connectivity index (χ3n) is 6.37. The number of carbonyl (C=O) groups excluding carboxylic acids is 1. The van der Waals surface area contributed by atoms with Crippen molar-refractivity contribution in [3.8, 4) is 0 Å². The zero-order valence-corrected chi connectivity index (χ0v) is 20.3. The molecule has 0 saturated carbocycles. The predicted molar refractivity (Wildman–Crippen MR) is 138 cm³/mol. The summed E-state index contributed by atoms with van der Waals surface area (Å²) in [4.78, 5) is 22.5. The molecule has 3 aromatic carbocycles. The Labute approximate surface area is 203 Å². The molecule has 0 radical (unpaired) electrons. The van der Waals surface area contributed by atoms with E-state index in [0.717, 1.165) is 33.8 Å². The molecule has 0 fully saturated rings. The smallest absolute Gasteiger partial charge is 0.253 e. The highest BCUT2D eigenvalue weighted by Crippen LogP contribution is 2.34. The van der Waals surface area contributed by atoms with Crippen LogP contribution in [-0.2, 0) is 4.79 Å². The number of benzene rings is 3. The Kier molecular flexibility index (Phi) is 6.16. The van der Waals surface area contributed by atoms with Gasteiger partial charge < -0.3 is 0 Å². The second-order valence-electron chi connectivity index (χ2n) is 8.57. The maximum Gasteiger partial charge on any atom is 0.253 e. The van der Waals surface area contributed by atoms with E-state index in [9.17, 15) is 4.79 Å². The fourth-order valence-electron chi connectivity index (χ4n) is 4.22. The number of aromatic nitrogens is 2. The highest BCUT2D eigenvalue weighted by Gasteiger charge is 2.33. The molecule has 170 valence electrons. The van der Waals surface area contributed by atoms with Crippen LogP contribution in [-0.4, -0.2) is 32.3 Å². The van der Waals surface area contributed by atoms with Crippen molar-refractivity contribution in [3.05, 3.63) is 101 Å². The van der Waals surface area contributed by atoms with Gasteiger partial charge in [-0.25, -0.2) is 15.0 Å². The number of thioether (sulfide) groups is 1. The molecule has 1 unspecified atom stereocenters. The summed E-state index contributed by atoms with van der Waals surface area (Å²) < 4.78 is 0. The molecule has 0 N–H and O–H groups in total. The van der Waals surface area contributed by atoms with E-state index in [-0.39, 0.29) is 17.7 Å². The zero-order chi connectivity index (χ0) is 23.7. The number of aryl methyl sites for hydroxylation is 2. The summed E-state index contributed by atoms with van der Waals surface area (Å²) >= 11 is 1.37. The molecular formula is C28H26N4OS. The molecular weight excluding hydrogens is 440 g/mol. The van der Waals surface area contributed by atoms with Gasteiger partial charge in [-0.3, -0.25) is 4.79 Å². The van der Waals surface area contributed by atoms with Crippen LogP contribution >= 0.6 is 11.8 Å². The second kappa shape index (κ2) is 9.39. The lowest BCUT2D eigenvalue weighted by atomic mass is 9.97. The van der Waals surface area contributed by atoms with Crippen LogP contribution in [0.3, 0.4) is 0 Å². The van der Waals surface area contributed by atoms with Crippen molar-refractivity contribution >= 4 is 34.2 Å². The molecule has 1 atom stereocenters. The first-order chi connectivity index (χ1) is 16.5. The molecule has 1 amide bonds. The summed E-state index contributed by atoms with van der Waals surface area (Å²) in [6.45, 7) is 5.96. The maximum atomic E-state index is 13.4. The third-order valence-corrected chi connectivity index (χ3v) is 7.20. The van der Waals surface area contributed by atoms with Gasteiger partial charge in [0.15, 0.2) is 5.16 Å². The monoisotopic (exact) mass is 466 g/mol. The van der Waals surface area contributed by atoms with Crippen LogP contribution in [0.4, 0.5) is 0 Å². The van der Waals surface area contributed by atoms with Gasteiger partial charge in [0.1, 0.15) is 0 Å². The summed E-state index contributed by atoms with van der Waals surface area (Å²) in [5.41, 5.74) is 6.04. The Morgan fingerprint density at radius 2 is 1.59 bits per heavy atom. The van der Waals surface area contributed by atoms with Gasteiger partial charge >= 0.3 is 0 Å². The summed E-state index contributed by atoms with van der Waals surface area (Å²) in [5.74, 6) is 0.189. The summed E-state index contributed by atoms with van der Waals surface area (Å²) in [6, 6.07) is 24.7. The van der Waals surface area contributed by atoms with Gasteiger partial charge in [0, 0.05) is 17.8 Å². The van der Waals surface area contributed by atoms with E-state index < -0.39 is 0 Å². The van der Waals surface area contributed by atoms with Crippen molar-refractivity contribution < 1.29 is 4.79 Å². The summed E-state index contributed by atoms with van der Waals surface area (Å²) in [5, 5.41) is 9.47. The third kappa shape index (κ3) is 4.46. The SMILES string of the molecule is Cc1nc(SCC(=O)N2N=C(c3ccc4ccccc4c3)CC2c2ccccc2)nc(C)c1C. The molecule has 0 spiro atoms. The van der Waals surface area contributed by atoms with Crippen LogP contribution in [0.5, 0.6) is 0 Å². The van der Waals surface area contributed by atoms with Crippen molar-refractivity contribution in [2.24, 2.45) is 5.10 Å². The standard InChI is InChI=1S/C28H26N4OS/c1-18-19(2)29-28(30-20(18)3)34-17-27(33)32-26(22-10-5-4-6-11-22)16-25(31-32)24-14-13-21-9-7-8-12-23(21)15-24/h4-15,26H,16-17H2,1-3H3. The van der Waals surface area contributed by atoms with E-state index in [2.05, 4.69) is 52.4 Å². The number of fused-ring (bicyclic) bond motifs is 1. The molecule has 5 nitrogen and oxygen atoms in total. The van der Waals surface area contributed by atoms with Gasteiger partial charge in [-0.05, 0) is 54.3 Å². The Morgan fingerprint density at radius 3 is 2.32 bits per heavy atom. The fourth-order valence-corrected chi connectivity index (χ4v) is 5.00. The molecule has 0 bridgehead atoms. The zero-order valence-electron chi connectivity index (χ0n) is 19.5. The van der Waals surface area contributed by atoms with E-state index >= 15 is 0 Å². The molecule has 1 aromatic heterocycles. The van der Waals surface area contributed by atoms with Crippen LogP contribution in [0.2, 0.25) is 0 Å². The van der Waals surface area contributed by atoms with Gasteiger partial charge in [0.05, 0.1) is 17.5 Å². The highest BCUT2D eigenvalue weighted by atomic mass is 32.2. The van der Waals surface area contributed by atoms with E-state index in [1.54, 1.807) is 5.01 Å². The van der Waals surface area contributed by atoms with Crippen molar-refractivity contribution in [1.82, 2.24) is 15.0 Å². The molecule has 6 heteroatoms. The largest absolute Gasteiger partial charge is 0.272 e. The lowest BCUT2D eigenvalue weighted by Crippen LogP contribution is -2.28. The van der Waals surface area contributed by atoms with Gasteiger partial charge in [-0.15, -0.1) is 0 Å². The van der Waals surface area contributed by atoms with Crippen LogP contribution in [0, 0.1) is 20.8 Å². The van der Waals surface area contributed by atoms with Crippen molar-refractivity contribution in [2.45, 2.75) is 38.4 Å².